The molecular weight excluding hydrogens is 236 g/mol. The zero-order valence-corrected chi connectivity index (χ0v) is 11.3. The van der Waals surface area contributed by atoms with Crippen LogP contribution in [-0.4, -0.2) is 18.3 Å². The molecule has 102 valence electrons. The molecule has 0 aliphatic heterocycles. The van der Waals surface area contributed by atoms with Crippen molar-refractivity contribution in [1.29, 1.82) is 0 Å². The number of benzene rings is 2. The maximum absolute atomic E-state index is 8.68. The molecule has 0 aliphatic carbocycles. The zero-order valence-electron chi connectivity index (χ0n) is 11.3. The van der Waals surface area contributed by atoms with Gasteiger partial charge in [-0.1, -0.05) is 49.6 Å². The van der Waals surface area contributed by atoms with E-state index in [1.165, 1.54) is 23.6 Å². The number of unbranched alkanes of at least 4 members (excludes halogenated alkanes) is 4. The second-order valence-corrected chi connectivity index (χ2v) is 4.85. The summed E-state index contributed by atoms with van der Waals surface area (Å²) >= 11 is 0. The molecule has 0 saturated carbocycles. The summed E-state index contributed by atoms with van der Waals surface area (Å²) in [5.41, 5.74) is 0. The highest BCUT2D eigenvalue weighted by atomic mass is 16.5. The number of rotatable bonds is 8. The second-order valence-electron chi connectivity index (χ2n) is 4.85. The van der Waals surface area contributed by atoms with Crippen LogP contribution in [0.2, 0.25) is 0 Å². The largest absolute Gasteiger partial charge is 0.494 e. The molecule has 0 radical (unpaired) electrons. The first-order valence-electron chi connectivity index (χ1n) is 7.12. The predicted molar refractivity (Wildman–Crippen MR) is 79.6 cm³/mol. The number of aliphatic hydroxyl groups is 1. The van der Waals surface area contributed by atoms with Crippen LogP contribution in [0.5, 0.6) is 5.75 Å². The molecule has 0 atom stereocenters. The standard InChI is InChI=1S/C17H22O2/c18-12-6-2-1-3-7-13-19-17-11-10-15-8-4-5-9-16(15)14-17/h4-5,8-11,14,18H,1-3,6-7,12-13H2. The Bertz CT molecular complexity index is 493. The van der Waals surface area contributed by atoms with Crippen LogP contribution < -0.4 is 4.74 Å². The normalized spacial score (nSPS) is 10.8. The summed E-state index contributed by atoms with van der Waals surface area (Å²) in [7, 11) is 0. The van der Waals surface area contributed by atoms with Crippen LogP contribution in [0.4, 0.5) is 0 Å². The van der Waals surface area contributed by atoms with E-state index in [-0.39, 0.29) is 0 Å². The second kappa shape index (κ2) is 7.80. The van der Waals surface area contributed by atoms with Crippen molar-refractivity contribution in [3.63, 3.8) is 0 Å². The minimum absolute atomic E-state index is 0.313. The van der Waals surface area contributed by atoms with Gasteiger partial charge in [-0.15, -0.1) is 0 Å². The first-order valence-corrected chi connectivity index (χ1v) is 7.12. The third-order valence-electron chi connectivity index (χ3n) is 3.29. The molecule has 0 aromatic heterocycles. The van der Waals surface area contributed by atoms with E-state index < -0.39 is 0 Å². The lowest BCUT2D eigenvalue weighted by molar-refractivity contribution is 0.278. The average molecular weight is 258 g/mol. The van der Waals surface area contributed by atoms with Crippen molar-refractivity contribution in [2.24, 2.45) is 0 Å². The van der Waals surface area contributed by atoms with Gasteiger partial charge in [0.05, 0.1) is 6.61 Å². The van der Waals surface area contributed by atoms with E-state index in [0.29, 0.717) is 6.61 Å². The van der Waals surface area contributed by atoms with Crippen LogP contribution in [0.25, 0.3) is 10.8 Å². The SMILES string of the molecule is OCCCCCCCOc1ccc2ccccc2c1. The van der Waals surface area contributed by atoms with E-state index in [0.717, 1.165) is 31.6 Å². The molecule has 0 fully saturated rings. The molecule has 2 aromatic carbocycles. The Morgan fingerprint density at radius 2 is 1.53 bits per heavy atom. The molecule has 0 aliphatic rings. The van der Waals surface area contributed by atoms with Crippen molar-refractivity contribution in [2.45, 2.75) is 32.1 Å². The van der Waals surface area contributed by atoms with Crippen LogP contribution in [-0.2, 0) is 0 Å². The van der Waals surface area contributed by atoms with Gasteiger partial charge in [0.15, 0.2) is 0 Å². The third kappa shape index (κ3) is 4.56. The summed E-state index contributed by atoms with van der Waals surface area (Å²) in [5.74, 6) is 0.953. The molecule has 19 heavy (non-hydrogen) atoms. The summed E-state index contributed by atoms with van der Waals surface area (Å²) in [4.78, 5) is 0. The van der Waals surface area contributed by atoms with E-state index in [1.54, 1.807) is 0 Å². The minimum Gasteiger partial charge on any atom is -0.494 e. The molecule has 0 amide bonds. The summed E-state index contributed by atoms with van der Waals surface area (Å²) in [6, 6.07) is 14.6. The maximum Gasteiger partial charge on any atom is 0.119 e. The maximum atomic E-state index is 8.68. The number of aliphatic hydroxyl groups excluding tert-OH is 1. The van der Waals surface area contributed by atoms with Crippen LogP contribution in [0.1, 0.15) is 32.1 Å². The highest BCUT2D eigenvalue weighted by Crippen LogP contribution is 2.20. The molecule has 2 aromatic rings. The summed E-state index contributed by atoms with van der Waals surface area (Å²) < 4.78 is 5.77. The molecule has 1 N–H and O–H groups in total. The van der Waals surface area contributed by atoms with Gasteiger partial charge in [-0.3, -0.25) is 0 Å². The van der Waals surface area contributed by atoms with Gasteiger partial charge >= 0.3 is 0 Å². The van der Waals surface area contributed by atoms with Crippen molar-refractivity contribution in [1.82, 2.24) is 0 Å². The van der Waals surface area contributed by atoms with Crippen molar-refractivity contribution in [3.05, 3.63) is 42.5 Å². The Labute approximate surface area is 115 Å². The van der Waals surface area contributed by atoms with Gasteiger partial charge in [0.2, 0.25) is 0 Å². The van der Waals surface area contributed by atoms with Gasteiger partial charge in [0.25, 0.3) is 0 Å². The Morgan fingerprint density at radius 1 is 0.789 bits per heavy atom. The van der Waals surface area contributed by atoms with Crippen LogP contribution in [0.3, 0.4) is 0 Å². The number of hydrogen-bond acceptors (Lipinski definition) is 2. The number of fused-ring (bicyclic) bond motifs is 1. The highest BCUT2D eigenvalue weighted by Gasteiger charge is 1.97. The Kier molecular flexibility index (Phi) is 5.70. The van der Waals surface area contributed by atoms with Gasteiger partial charge in [0.1, 0.15) is 5.75 Å². The van der Waals surface area contributed by atoms with Crippen LogP contribution in [0, 0.1) is 0 Å². The van der Waals surface area contributed by atoms with Crippen molar-refractivity contribution >= 4 is 10.8 Å². The minimum atomic E-state index is 0.313. The lowest BCUT2D eigenvalue weighted by atomic mass is 10.1. The van der Waals surface area contributed by atoms with Crippen LogP contribution >= 0.6 is 0 Å². The summed E-state index contributed by atoms with van der Waals surface area (Å²) in [6.45, 7) is 1.09. The predicted octanol–water partition coefficient (Wildman–Crippen LogP) is 4.16. The summed E-state index contributed by atoms with van der Waals surface area (Å²) in [5, 5.41) is 11.2. The quantitative estimate of drug-likeness (QED) is 0.720. The van der Waals surface area contributed by atoms with Gasteiger partial charge < -0.3 is 9.84 Å². The first kappa shape index (κ1) is 13.9. The van der Waals surface area contributed by atoms with Gasteiger partial charge in [-0.25, -0.2) is 0 Å². The van der Waals surface area contributed by atoms with E-state index in [1.807, 2.05) is 12.1 Å². The fourth-order valence-electron chi connectivity index (χ4n) is 2.19. The van der Waals surface area contributed by atoms with Gasteiger partial charge in [-0.05, 0) is 35.7 Å². The molecular formula is C17H22O2. The highest BCUT2D eigenvalue weighted by molar-refractivity contribution is 5.83. The molecule has 0 heterocycles. The molecule has 2 rings (SSSR count). The number of hydrogen-bond donors (Lipinski definition) is 1. The van der Waals surface area contributed by atoms with E-state index >= 15 is 0 Å². The Balaban J connectivity index is 1.72. The summed E-state index contributed by atoms with van der Waals surface area (Å²) in [6.07, 6.45) is 5.48. The van der Waals surface area contributed by atoms with Crippen molar-refractivity contribution < 1.29 is 9.84 Å². The van der Waals surface area contributed by atoms with E-state index in [2.05, 4.69) is 30.3 Å². The molecule has 0 saturated heterocycles. The first-order chi connectivity index (χ1) is 9.40. The molecule has 0 spiro atoms. The molecule has 2 nitrogen and oxygen atoms in total. The van der Waals surface area contributed by atoms with Gasteiger partial charge in [-0.2, -0.15) is 0 Å². The average Bonchev–Trinajstić information content (AvgIpc) is 2.46. The molecule has 0 unspecified atom stereocenters. The lowest BCUT2D eigenvalue weighted by Crippen LogP contribution is -1.97. The Morgan fingerprint density at radius 3 is 2.37 bits per heavy atom. The van der Waals surface area contributed by atoms with Crippen molar-refractivity contribution in [3.8, 4) is 5.75 Å². The monoisotopic (exact) mass is 258 g/mol. The van der Waals surface area contributed by atoms with E-state index in [4.69, 9.17) is 9.84 Å². The smallest absolute Gasteiger partial charge is 0.119 e. The van der Waals surface area contributed by atoms with Crippen LogP contribution in [0.15, 0.2) is 42.5 Å². The van der Waals surface area contributed by atoms with E-state index in [9.17, 15) is 0 Å². The zero-order chi connectivity index (χ0) is 13.3. The fourth-order valence-corrected chi connectivity index (χ4v) is 2.19. The topological polar surface area (TPSA) is 29.5 Å². The third-order valence-corrected chi connectivity index (χ3v) is 3.29. The number of ether oxygens (including phenoxy) is 1. The molecule has 0 bridgehead atoms. The molecule has 2 heteroatoms. The fraction of sp³-hybridized carbons (Fsp3) is 0.412. The lowest BCUT2D eigenvalue weighted by Gasteiger charge is -2.07. The van der Waals surface area contributed by atoms with Gasteiger partial charge in [0, 0.05) is 6.61 Å². The van der Waals surface area contributed by atoms with Crippen molar-refractivity contribution in [2.75, 3.05) is 13.2 Å². The Hall–Kier alpha value is -1.54.